The van der Waals surface area contributed by atoms with E-state index >= 15 is 0 Å². The molecule has 0 amide bonds. The van der Waals surface area contributed by atoms with Crippen LogP contribution in [0.3, 0.4) is 0 Å². The van der Waals surface area contributed by atoms with Gasteiger partial charge in [-0.15, -0.1) is 0 Å². The molecule has 116 valence electrons. The number of alkyl halides is 3. The number of rotatable bonds is 1. The van der Waals surface area contributed by atoms with Crippen LogP contribution < -0.4 is 10.1 Å². The number of hydrogen-bond donors (Lipinski definition) is 1. The molecule has 1 saturated heterocycles. The molecule has 21 heavy (non-hydrogen) atoms. The minimum atomic E-state index is -4.33. The Hall–Kier alpha value is -1.27. The second-order valence-corrected chi connectivity index (χ2v) is 5.69. The maximum Gasteiger partial charge on any atom is 0.416 e. The van der Waals surface area contributed by atoms with Gasteiger partial charge in [-0.3, -0.25) is 4.90 Å². The van der Waals surface area contributed by atoms with E-state index in [0.717, 1.165) is 43.8 Å². The Morgan fingerprint density at radius 1 is 1.33 bits per heavy atom. The van der Waals surface area contributed by atoms with E-state index in [1.807, 2.05) is 0 Å². The van der Waals surface area contributed by atoms with Crippen molar-refractivity contribution in [2.24, 2.45) is 0 Å². The predicted molar refractivity (Wildman–Crippen MR) is 73.3 cm³/mol. The van der Waals surface area contributed by atoms with E-state index in [4.69, 9.17) is 4.74 Å². The number of benzene rings is 1. The van der Waals surface area contributed by atoms with Crippen molar-refractivity contribution < 1.29 is 17.9 Å². The van der Waals surface area contributed by atoms with Crippen LogP contribution >= 0.6 is 0 Å². The highest BCUT2D eigenvalue weighted by Gasteiger charge is 2.35. The Morgan fingerprint density at radius 2 is 2.14 bits per heavy atom. The van der Waals surface area contributed by atoms with E-state index in [1.165, 1.54) is 0 Å². The molecule has 2 aliphatic heterocycles. The van der Waals surface area contributed by atoms with Crippen molar-refractivity contribution in [3.8, 4) is 5.75 Å². The summed E-state index contributed by atoms with van der Waals surface area (Å²) in [6, 6.07) is 4.39. The molecule has 0 aromatic heterocycles. The van der Waals surface area contributed by atoms with Crippen LogP contribution in [0.15, 0.2) is 18.2 Å². The van der Waals surface area contributed by atoms with Crippen LogP contribution in [-0.2, 0) is 6.18 Å². The molecule has 1 unspecified atom stereocenters. The van der Waals surface area contributed by atoms with Crippen molar-refractivity contribution in [1.82, 2.24) is 10.2 Å². The van der Waals surface area contributed by atoms with Gasteiger partial charge < -0.3 is 10.1 Å². The first kappa shape index (κ1) is 14.7. The average molecular weight is 300 g/mol. The molecule has 2 atom stereocenters. The maximum atomic E-state index is 12.8. The van der Waals surface area contributed by atoms with E-state index in [-0.39, 0.29) is 6.04 Å². The highest BCUT2D eigenvalue weighted by molar-refractivity contribution is 5.42. The summed E-state index contributed by atoms with van der Waals surface area (Å²) < 4.78 is 43.9. The minimum absolute atomic E-state index is 0.146. The molecule has 0 saturated carbocycles. The molecule has 1 aromatic rings. The number of ether oxygens (including phenoxy) is 1. The second kappa shape index (κ2) is 5.50. The fraction of sp³-hybridized carbons (Fsp3) is 0.600. The first-order valence-corrected chi connectivity index (χ1v) is 7.27. The zero-order chi connectivity index (χ0) is 15.0. The van der Waals surface area contributed by atoms with Gasteiger partial charge in [-0.1, -0.05) is 6.07 Å². The van der Waals surface area contributed by atoms with Crippen molar-refractivity contribution in [3.63, 3.8) is 0 Å². The summed E-state index contributed by atoms with van der Waals surface area (Å²) >= 11 is 0. The van der Waals surface area contributed by atoms with Crippen LogP contribution in [0.25, 0.3) is 0 Å². The first-order valence-electron chi connectivity index (χ1n) is 7.27. The van der Waals surface area contributed by atoms with Gasteiger partial charge >= 0.3 is 6.18 Å². The van der Waals surface area contributed by atoms with Crippen molar-refractivity contribution in [3.05, 3.63) is 29.3 Å². The summed E-state index contributed by atoms with van der Waals surface area (Å²) in [4.78, 5) is 2.37. The van der Waals surface area contributed by atoms with E-state index in [9.17, 15) is 13.2 Å². The third kappa shape index (κ3) is 2.87. The lowest BCUT2D eigenvalue weighted by Gasteiger charge is -2.42. The number of hydrogen-bond acceptors (Lipinski definition) is 3. The molecule has 2 aliphatic rings. The number of nitrogens with zero attached hydrogens (tertiary/aromatic N) is 1. The molecule has 6 heteroatoms. The third-order valence-electron chi connectivity index (χ3n) is 4.30. The van der Waals surface area contributed by atoms with E-state index in [0.29, 0.717) is 18.4 Å². The fourth-order valence-electron chi connectivity index (χ4n) is 3.21. The van der Waals surface area contributed by atoms with E-state index in [1.54, 1.807) is 6.07 Å². The third-order valence-corrected chi connectivity index (χ3v) is 4.30. The molecule has 0 radical (unpaired) electrons. The van der Waals surface area contributed by atoms with Crippen molar-refractivity contribution in [2.75, 3.05) is 26.2 Å². The van der Waals surface area contributed by atoms with Gasteiger partial charge in [-0.25, -0.2) is 0 Å². The smallest absolute Gasteiger partial charge is 0.416 e. The Bertz CT molecular complexity index is 518. The Labute approximate surface area is 122 Å². The first-order chi connectivity index (χ1) is 9.97. The van der Waals surface area contributed by atoms with Crippen LogP contribution in [0, 0.1) is 0 Å². The molecule has 1 aromatic carbocycles. The highest BCUT2D eigenvalue weighted by Crippen LogP contribution is 2.40. The van der Waals surface area contributed by atoms with Crippen molar-refractivity contribution >= 4 is 0 Å². The zero-order valence-corrected chi connectivity index (χ0v) is 11.9. The van der Waals surface area contributed by atoms with Crippen LogP contribution in [0.5, 0.6) is 5.75 Å². The van der Waals surface area contributed by atoms with Gasteiger partial charge in [-0.2, -0.15) is 13.2 Å². The van der Waals surface area contributed by atoms with Gasteiger partial charge in [-0.05, 0) is 19.1 Å². The molecular weight excluding hydrogens is 281 g/mol. The summed E-state index contributed by atoms with van der Waals surface area (Å²) in [6.07, 6.45) is -3.50. The lowest BCUT2D eigenvalue weighted by atomic mass is 9.95. The molecule has 1 N–H and O–H groups in total. The van der Waals surface area contributed by atoms with Gasteiger partial charge in [0, 0.05) is 43.7 Å². The largest absolute Gasteiger partial charge is 0.493 e. The molecule has 3 rings (SSSR count). The summed E-state index contributed by atoms with van der Waals surface area (Å²) in [5.41, 5.74) is 0.234. The zero-order valence-electron chi connectivity index (χ0n) is 11.9. The van der Waals surface area contributed by atoms with Gasteiger partial charge in [0.15, 0.2) is 0 Å². The quantitative estimate of drug-likeness (QED) is 0.863. The van der Waals surface area contributed by atoms with Crippen molar-refractivity contribution in [2.45, 2.75) is 31.6 Å². The average Bonchev–Trinajstić information content (AvgIpc) is 2.46. The number of fused-ring (bicyclic) bond motifs is 1. The van der Waals surface area contributed by atoms with Gasteiger partial charge in [0.05, 0.1) is 12.2 Å². The standard InChI is InChI=1S/C15H19F3N2O/c1-10-9-19-5-6-20(10)13-4-7-21-14-8-11(15(16,17)18)2-3-12(13)14/h2-3,8,10,13,19H,4-7,9H2,1H3/t10-,13?/m1/s1. The molecule has 2 heterocycles. The monoisotopic (exact) mass is 300 g/mol. The molecule has 1 fully saturated rings. The Morgan fingerprint density at radius 3 is 2.86 bits per heavy atom. The molecule has 3 nitrogen and oxygen atoms in total. The van der Waals surface area contributed by atoms with Crippen LogP contribution in [0.2, 0.25) is 0 Å². The van der Waals surface area contributed by atoms with Gasteiger partial charge in [0.1, 0.15) is 5.75 Å². The highest BCUT2D eigenvalue weighted by atomic mass is 19.4. The Kier molecular flexibility index (Phi) is 3.84. The van der Waals surface area contributed by atoms with Crippen LogP contribution in [0.4, 0.5) is 13.2 Å². The van der Waals surface area contributed by atoms with Crippen molar-refractivity contribution in [1.29, 1.82) is 0 Å². The second-order valence-electron chi connectivity index (χ2n) is 5.69. The number of piperazine rings is 1. The molecule has 0 aliphatic carbocycles. The van der Waals surface area contributed by atoms with Crippen LogP contribution in [-0.4, -0.2) is 37.2 Å². The topological polar surface area (TPSA) is 24.5 Å². The normalized spacial score (nSPS) is 27.0. The maximum absolute atomic E-state index is 12.8. The number of halogens is 3. The summed E-state index contributed by atoms with van der Waals surface area (Å²) in [5, 5.41) is 3.33. The summed E-state index contributed by atoms with van der Waals surface area (Å²) in [5.74, 6) is 0.381. The molecule has 0 spiro atoms. The Balaban J connectivity index is 1.91. The lowest BCUT2D eigenvalue weighted by molar-refractivity contribution is -0.137. The summed E-state index contributed by atoms with van der Waals surface area (Å²) in [7, 11) is 0. The fourth-order valence-corrected chi connectivity index (χ4v) is 3.21. The van der Waals surface area contributed by atoms with Gasteiger partial charge in [0.25, 0.3) is 0 Å². The minimum Gasteiger partial charge on any atom is -0.493 e. The SMILES string of the molecule is C[C@@H]1CNCCN1C1CCOc2cc(C(F)(F)F)ccc21. The molecule has 0 bridgehead atoms. The van der Waals surface area contributed by atoms with Gasteiger partial charge in [0.2, 0.25) is 0 Å². The predicted octanol–water partition coefficient (Wildman–Crippen LogP) is 2.82. The molecular formula is C15H19F3N2O. The van der Waals surface area contributed by atoms with Crippen LogP contribution in [0.1, 0.15) is 30.5 Å². The van der Waals surface area contributed by atoms with E-state index < -0.39 is 11.7 Å². The number of nitrogens with one attached hydrogen (secondary N) is 1. The van der Waals surface area contributed by atoms with E-state index in [2.05, 4.69) is 17.1 Å². The summed E-state index contributed by atoms with van der Waals surface area (Å²) in [6.45, 7) is 5.35. The lowest BCUT2D eigenvalue weighted by Crippen LogP contribution is -2.51.